The van der Waals surface area contributed by atoms with Crippen molar-refractivity contribution >= 4 is 11.6 Å². The van der Waals surface area contributed by atoms with Gasteiger partial charge in [0.1, 0.15) is 11.6 Å². The van der Waals surface area contributed by atoms with Gasteiger partial charge < -0.3 is 15.2 Å². The minimum absolute atomic E-state index is 0.130. The Morgan fingerprint density at radius 3 is 2.75 bits per heavy atom. The number of nitrogens with one attached hydrogen (secondary N) is 1. The lowest BCUT2D eigenvalue weighted by Crippen LogP contribution is -2.15. The number of ether oxygens (including phenoxy) is 1. The second-order valence-electron chi connectivity index (χ2n) is 4.21. The first-order valence-electron chi connectivity index (χ1n) is 5.98. The zero-order chi connectivity index (χ0) is 14.5. The highest BCUT2D eigenvalue weighted by Crippen LogP contribution is 2.19. The summed E-state index contributed by atoms with van der Waals surface area (Å²) in [4.78, 5) is 12.0. The molecule has 2 aromatic rings. The topological polar surface area (TPSA) is 58.6 Å². The van der Waals surface area contributed by atoms with Crippen molar-refractivity contribution in [1.29, 1.82) is 0 Å². The molecular weight excluding hydrogens is 261 g/mol. The summed E-state index contributed by atoms with van der Waals surface area (Å²) in [6, 6.07) is 10.5. The zero-order valence-electron chi connectivity index (χ0n) is 10.9. The van der Waals surface area contributed by atoms with Gasteiger partial charge in [0.05, 0.1) is 12.2 Å². The van der Waals surface area contributed by atoms with Crippen molar-refractivity contribution in [3.05, 3.63) is 59.4 Å². The van der Waals surface area contributed by atoms with Crippen LogP contribution in [0.4, 0.5) is 10.1 Å². The number of hydrogen-bond acceptors (Lipinski definition) is 3. The largest absolute Gasteiger partial charge is 0.508 e. The van der Waals surface area contributed by atoms with Gasteiger partial charge in [-0.3, -0.25) is 4.79 Å². The van der Waals surface area contributed by atoms with Crippen LogP contribution in [0.15, 0.2) is 42.5 Å². The summed E-state index contributed by atoms with van der Waals surface area (Å²) in [6.07, 6.45) is 0. The molecule has 0 fully saturated rings. The normalized spacial score (nSPS) is 10.3. The second kappa shape index (κ2) is 6.16. The molecule has 0 bridgehead atoms. The predicted octanol–water partition coefficient (Wildman–Crippen LogP) is 2.93. The lowest BCUT2D eigenvalue weighted by Gasteiger charge is -2.11. The van der Waals surface area contributed by atoms with Gasteiger partial charge in [0, 0.05) is 24.4 Å². The molecule has 5 heteroatoms. The maximum Gasteiger partial charge on any atom is 0.258 e. The van der Waals surface area contributed by atoms with Crippen molar-refractivity contribution in [2.75, 3.05) is 12.4 Å². The van der Waals surface area contributed by atoms with Crippen LogP contribution in [0.25, 0.3) is 0 Å². The molecule has 104 valence electrons. The fraction of sp³-hybridized carbons (Fsp3) is 0.133. The first kappa shape index (κ1) is 14.0. The van der Waals surface area contributed by atoms with E-state index in [-0.39, 0.29) is 11.3 Å². The van der Waals surface area contributed by atoms with E-state index in [0.29, 0.717) is 12.3 Å². The minimum atomic E-state index is -0.772. The third kappa shape index (κ3) is 3.13. The minimum Gasteiger partial charge on any atom is -0.508 e. The lowest BCUT2D eigenvalue weighted by molar-refractivity contribution is 0.102. The molecule has 0 unspecified atom stereocenters. The number of hydrogen-bond donors (Lipinski definition) is 2. The summed E-state index contributed by atoms with van der Waals surface area (Å²) < 4.78 is 18.6. The number of anilines is 1. The van der Waals surface area contributed by atoms with Crippen LogP contribution in [0.5, 0.6) is 5.75 Å². The van der Waals surface area contributed by atoms with Gasteiger partial charge in [-0.05, 0) is 18.2 Å². The Kier molecular flexibility index (Phi) is 4.32. The molecule has 1 amide bonds. The molecule has 0 atom stereocenters. The Morgan fingerprint density at radius 2 is 2.05 bits per heavy atom. The van der Waals surface area contributed by atoms with Crippen LogP contribution in [0.1, 0.15) is 15.9 Å². The maximum absolute atomic E-state index is 13.6. The Morgan fingerprint density at radius 1 is 1.30 bits per heavy atom. The Labute approximate surface area is 115 Å². The number of carbonyl (C=O) groups is 1. The van der Waals surface area contributed by atoms with E-state index in [1.807, 2.05) is 12.1 Å². The second-order valence-corrected chi connectivity index (χ2v) is 4.21. The van der Waals surface area contributed by atoms with Crippen LogP contribution in [-0.4, -0.2) is 18.1 Å². The number of carbonyl (C=O) groups excluding carboxylic acids is 1. The van der Waals surface area contributed by atoms with Crippen molar-refractivity contribution in [2.24, 2.45) is 0 Å². The van der Waals surface area contributed by atoms with Gasteiger partial charge in [0.25, 0.3) is 5.91 Å². The van der Waals surface area contributed by atoms with Gasteiger partial charge >= 0.3 is 0 Å². The SMILES string of the molecule is COCc1ccccc1NC(=O)c1ccc(O)cc1F. The number of methoxy groups -OCH3 is 1. The van der Waals surface area contributed by atoms with Crippen LogP contribution in [0, 0.1) is 5.82 Å². The first-order chi connectivity index (χ1) is 9.61. The highest BCUT2D eigenvalue weighted by atomic mass is 19.1. The molecular formula is C15H14FNO3. The van der Waals surface area contributed by atoms with Crippen molar-refractivity contribution in [1.82, 2.24) is 0 Å². The molecule has 4 nitrogen and oxygen atoms in total. The van der Waals surface area contributed by atoms with E-state index in [4.69, 9.17) is 9.84 Å². The molecule has 0 radical (unpaired) electrons. The number of aromatic hydroxyl groups is 1. The van der Waals surface area contributed by atoms with Crippen molar-refractivity contribution in [3.8, 4) is 5.75 Å². The number of para-hydroxylation sites is 1. The van der Waals surface area contributed by atoms with Crippen molar-refractivity contribution < 1.29 is 19.0 Å². The Bertz CT molecular complexity index is 628. The molecule has 2 aromatic carbocycles. The Hall–Kier alpha value is -2.40. The average molecular weight is 275 g/mol. The van der Waals surface area contributed by atoms with E-state index >= 15 is 0 Å². The molecule has 0 heterocycles. The molecule has 0 aliphatic heterocycles. The lowest BCUT2D eigenvalue weighted by atomic mass is 10.1. The molecule has 0 saturated heterocycles. The van der Waals surface area contributed by atoms with Crippen LogP contribution in [-0.2, 0) is 11.3 Å². The van der Waals surface area contributed by atoms with Gasteiger partial charge in [-0.25, -0.2) is 4.39 Å². The summed E-state index contributed by atoms with van der Waals surface area (Å²) in [5, 5.41) is 11.8. The number of phenolic OH excluding ortho intramolecular Hbond substituents is 1. The van der Waals surface area contributed by atoms with Gasteiger partial charge in [0.2, 0.25) is 0 Å². The van der Waals surface area contributed by atoms with Gasteiger partial charge in [0.15, 0.2) is 0 Å². The summed E-state index contributed by atoms with van der Waals surface area (Å²) >= 11 is 0. The smallest absolute Gasteiger partial charge is 0.258 e. The summed E-state index contributed by atoms with van der Waals surface area (Å²) in [7, 11) is 1.55. The van der Waals surface area contributed by atoms with E-state index in [1.54, 1.807) is 19.2 Å². The third-order valence-electron chi connectivity index (χ3n) is 2.76. The van der Waals surface area contributed by atoms with Crippen LogP contribution in [0.3, 0.4) is 0 Å². The molecule has 0 aliphatic carbocycles. The highest BCUT2D eigenvalue weighted by molar-refractivity contribution is 6.04. The zero-order valence-corrected chi connectivity index (χ0v) is 10.9. The highest BCUT2D eigenvalue weighted by Gasteiger charge is 2.13. The predicted molar refractivity (Wildman–Crippen MR) is 73.2 cm³/mol. The maximum atomic E-state index is 13.6. The third-order valence-corrected chi connectivity index (χ3v) is 2.76. The van der Waals surface area contributed by atoms with Crippen LogP contribution < -0.4 is 5.32 Å². The van der Waals surface area contributed by atoms with Gasteiger partial charge in [-0.2, -0.15) is 0 Å². The molecule has 20 heavy (non-hydrogen) atoms. The molecule has 0 aromatic heterocycles. The van der Waals surface area contributed by atoms with Gasteiger partial charge in [-0.15, -0.1) is 0 Å². The van der Waals surface area contributed by atoms with E-state index in [2.05, 4.69) is 5.32 Å². The number of phenols is 1. The summed E-state index contributed by atoms with van der Waals surface area (Å²) in [6.45, 7) is 0.342. The number of benzene rings is 2. The fourth-order valence-corrected chi connectivity index (χ4v) is 1.80. The van der Waals surface area contributed by atoms with Crippen LogP contribution >= 0.6 is 0 Å². The number of halogens is 1. The van der Waals surface area contributed by atoms with Crippen molar-refractivity contribution in [2.45, 2.75) is 6.61 Å². The standard InChI is InChI=1S/C15H14FNO3/c1-20-9-10-4-2-3-5-14(10)17-15(19)12-7-6-11(18)8-13(12)16/h2-8,18H,9H2,1H3,(H,17,19). The van der Waals surface area contributed by atoms with Gasteiger partial charge in [-0.1, -0.05) is 18.2 Å². The summed E-state index contributed by atoms with van der Waals surface area (Å²) in [5.41, 5.74) is 1.23. The van der Waals surface area contributed by atoms with E-state index in [0.717, 1.165) is 11.6 Å². The monoisotopic (exact) mass is 275 g/mol. The molecule has 2 rings (SSSR count). The number of amides is 1. The van der Waals surface area contributed by atoms with E-state index in [9.17, 15) is 9.18 Å². The summed E-state index contributed by atoms with van der Waals surface area (Å²) in [5.74, 6) is -1.57. The average Bonchev–Trinajstić information content (AvgIpc) is 2.41. The first-order valence-corrected chi connectivity index (χ1v) is 5.98. The Balaban J connectivity index is 2.23. The van der Waals surface area contributed by atoms with E-state index < -0.39 is 11.7 Å². The molecule has 2 N–H and O–H groups in total. The van der Waals surface area contributed by atoms with E-state index in [1.165, 1.54) is 12.1 Å². The van der Waals surface area contributed by atoms with Crippen molar-refractivity contribution in [3.63, 3.8) is 0 Å². The molecule has 0 spiro atoms. The van der Waals surface area contributed by atoms with Crippen LogP contribution in [0.2, 0.25) is 0 Å². The number of rotatable bonds is 4. The quantitative estimate of drug-likeness (QED) is 0.902. The molecule has 0 aliphatic rings. The molecule has 0 saturated carbocycles. The fourth-order valence-electron chi connectivity index (χ4n) is 1.80.